The highest BCUT2D eigenvalue weighted by Gasteiger charge is 2.32. The quantitative estimate of drug-likeness (QED) is 0.685. The molecule has 0 aromatic carbocycles. The van der Waals surface area contributed by atoms with Gasteiger partial charge in [0, 0.05) is 6.54 Å². The van der Waals surface area contributed by atoms with Gasteiger partial charge in [-0.25, -0.2) is 4.98 Å². The number of furan rings is 1. The number of nitrogens with two attached hydrogens (primary N) is 1. The van der Waals surface area contributed by atoms with Crippen LogP contribution < -0.4 is 10.6 Å². The molecule has 8 heteroatoms. The van der Waals surface area contributed by atoms with E-state index in [1.165, 1.54) is 0 Å². The molecule has 116 valence electrons. The predicted octanol–water partition coefficient (Wildman–Crippen LogP) is 2.54. The number of piperidine rings is 1. The molecule has 3 rings (SSSR count). The van der Waals surface area contributed by atoms with Crippen molar-refractivity contribution < 1.29 is 9.34 Å². The van der Waals surface area contributed by atoms with E-state index in [1.807, 2.05) is 17.0 Å². The van der Waals surface area contributed by atoms with Crippen molar-refractivity contribution in [3.63, 3.8) is 0 Å². The van der Waals surface area contributed by atoms with Crippen molar-refractivity contribution in [3.8, 4) is 0 Å². The molecule has 2 aromatic rings. The zero-order chi connectivity index (χ0) is 15.7. The van der Waals surface area contributed by atoms with Gasteiger partial charge in [-0.2, -0.15) is 4.98 Å². The first-order chi connectivity index (χ1) is 10.6. The molecule has 1 fully saturated rings. The minimum absolute atomic E-state index is 0.0135. The lowest BCUT2D eigenvalue weighted by Crippen LogP contribution is -2.37. The zero-order valence-corrected chi connectivity index (χ0v) is 12.2. The highest BCUT2D eigenvalue weighted by molar-refractivity contribution is 5.54. The van der Waals surface area contributed by atoms with E-state index in [0.717, 1.165) is 31.3 Å². The number of hydrogen-bond acceptors (Lipinski definition) is 7. The summed E-state index contributed by atoms with van der Waals surface area (Å²) < 4.78 is 5.53. The predicted molar refractivity (Wildman–Crippen MR) is 80.3 cm³/mol. The first-order valence-electron chi connectivity index (χ1n) is 7.13. The van der Waals surface area contributed by atoms with Crippen molar-refractivity contribution in [3.05, 3.63) is 40.5 Å². The number of rotatable bonds is 3. The summed E-state index contributed by atoms with van der Waals surface area (Å²) in [5, 5.41) is 10.8. The van der Waals surface area contributed by atoms with Crippen LogP contribution in [0.2, 0.25) is 0 Å². The molecule has 8 nitrogen and oxygen atoms in total. The van der Waals surface area contributed by atoms with Crippen molar-refractivity contribution in [2.24, 2.45) is 5.92 Å². The molecule has 0 aliphatic carbocycles. The van der Waals surface area contributed by atoms with Crippen molar-refractivity contribution in [2.75, 3.05) is 17.2 Å². The summed E-state index contributed by atoms with van der Waals surface area (Å²) in [4.78, 5) is 20.5. The Morgan fingerprint density at radius 2 is 2.36 bits per heavy atom. The molecule has 0 saturated carbocycles. The third-order valence-electron chi connectivity index (χ3n) is 3.98. The van der Waals surface area contributed by atoms with E-state index in [1.54, 1.807) is 6.26 Å². The first kappa shape index (κ1) is 14.3. The van der Waals surface area contributed by atoms with Crippen LogP contribution in [0.15, 0.2) is 29.0 Å². The van der Waals surface area contributed by atoms with Crippen LogP contribution >= 0.6 is 0 Å². The Morgan fingerprint density at radius 1 is 1.55 bits per heavy atom. The van der Waals surface area contributed by atoms with Gasteiger partial charge in [0.05, 0.1) is 17.2 Å². The van der Waals surface area contributed by atoms with Gasteiger partial charge in [0.1, 0.15) is 12.0 Å². The van der Waals surface area contributed by atoms with Gasteiger partial charge in [0.15, 0.2) is 0 Å². The van der Waals surface area contributed by atoms with Crippen molar-refractivity contribution in [2.45, 2.75) is 25.8 Å². The summed E-state index contributed by atoms with van der Waals surface area (Å²) >= 11 is 0. The van der Waals surface area contributed by atoms with Crippen LogP contribution in [0.3, 0.4) is 0 Å². The fourth-order valence-corrected chi connectivity index (χ4v) is 2.79. The van der Waals surface area contributed by atoms with Crippen molar-refractivity contribution in [1.29, 1.82) is 0 Å². The largest absolute Gasteiger partial charge is 0.467 e. The summed E-state index contributed by atoms with van der Waals surface area (Å²) in [6.07, 6.45) is 4.71. The fraction of sp³-hybridized carbons (Fsp3) is 0.429. The molecule has 1 aliphatic rings. The number of hydrogen-bond donors (Lipinski definition) is 1. The Morgan fingerprint density at radius 3 is 3.00 bits per heavy atom. The van der Waals surface area contributed by atoms with Crippen LogP contribution in [0.1, 0.15) is 31.6 Å². The molecule has 2 aromatic heterocycles. The number of anilines is 2. The van der Waals surface area contributed by atoms with Crippen LogP contribution in [0.5, 0.6) is 0 Å². The van der Waals surface area contributed by atoms with Gasteiger partial charge in [-0.1, -0.05) is 6.92 Å². The first-order valence-corrected chi connectivity index (χ1v) is 7.13. The van der Waals surface area contributed by atoms with Gasteiger partial charge in [-0.05, 0) is 30.9 Å². The highest BCUT2D eigenvalue weighted by atomic mass is 16.6. The molecule has 2 atom stereocenters. The van der Waals surface area contributed by atoms with Gasteiger partial charge >= 0.3 is 5.69 Å². The lowest BCUT2D eigenvalue weighted by molar-refractivity contribution is -0.384. The molecular weight excluding hydrogens is 286 g/mol. The maximum atomic E-state index is 10.8. The average molecular weight is 303 g/mol. The molecule has 0 amide bonds. The molecular formula is C14H17N5O3. The fourth-order valence-electron chi connectivity index (χ4n) is 2.79. The molecule has 0 bridgehead atoms. The number of nitrogen functional groups attached to an aromatic ring is 1. The normalized spacial score (nSPS) is 21.8. The SMILES string of the molecule is CC1CCN(c2ncc([N+](=O)[O-])c(N)n2)C(c2ccco2)C1. The smallest absolute Gasteiger partial charge is 0.329 e. The van der Waals surface area contributed by atoms with Crippen LogP contribution in [-0.2, 0) is 0 Å². The van der Waals surface area contributed by atoms with Crippen molar-refractivity contribution >= 4 is 17.5 Å². The van der Waals surface area contributed by atoms with Gasteiger partial charge in [-0.15, -0.1) is 0 Å². The summed E-state index contributed by atoms with van der Waals surface area (Å²) in [6.45, 7) is 2.95. The Balaban J connectivity index is 1.94. The van der Waals surface area contributed by atoms with E-state index in [-0.39, 0.29) is 17.5 Å². The van der Waals surface area contributed by atoms with Gasteiger partial charge < -0.3 is 15.1 Å². The molecule has 1 aliphatic heterocycles. The van der Waals surface area contributed by atoms with Crippen LogP contribution in [0, 0.1) is 16.0 Å². The Kier molecular flexibility index (Phi) is 3.66. The molecule has 1 saturated heterocycles. The second-order valence-corrected chi connectivity index (χ2v) is 5.55. The lowest BCUT2D eigenvalue weighted by Gasteiger charge is -2.37. The van der Waals surface area contributed by atoms with Gasteiger partial charge in [0.2, 0.25) is 11.8 Å². The van der Waals surface area contributed by atoms with Gasteiger partial charge in [0.25, 0.3) is 0 Å². The molecule has 2 unspecified atom stereocenters. The van der Waals surface area contributed by atoms with E-state index in [4.69, 9.17) is 10.2 Å². The molecule has 0 spiro atoms. The molecule has 0 radical (unpaired) electrons. The third-order valence-corrected chi connectivity index (χ3v) is 3.98. The van der Waals surface area contributed by atoms with Crippen LogP contribution in [-0.4, -0.2) is 21.4 Å². The number of nitrogens with zero attached hydrogens (tertiary/aromatic N) is 4. The maximum Gasteiger partial charge on any atom is 0.329 e. The van der Waals surface area contributed by atoms with E-state index in [2.05, 4.69) is 16.9 Å². The van der Waals surface area contributed by atoms with Gasteiger partial charge in [-0.3, -0.25) is 10.1 Å². The van der Waals surface area contributed by atoms with E-state index >= 15 is 0 Å². The topological polar surface area (TPSA) is 111 Å². The zero-order valence-electron chi connectivity index (χ0n) is 12.2. The number of nitro groups is 1. The Bertz CT molecular complexity index is 673. The van der Waals surface area contributed by atoms with Crippen LogP contribution in [0.4, 0.5) is 17.5 Å². The Hall–Kier alpha value is -2.64. The summed E-state index contributed by atoms with van der Waals surface area (Å²) in [6, 6.07) is 3.78. The second-order valence-electron chi connectivity index (χ2n) is 5.55. The molecule has 3 heterocycles. The monoisotopic (exact) mass is 303 g/mol. The maximum absolute atomic E-state index is 10.8. The highest BCUT2D eigenvalue weighted by Crippen LogP contribution is 2.36. The third kappa shape index (κ3) is 2.59. The second kappa shape index (κ2) is 5.63. The van der Waals surface area contributed by atoms with E-state index < -0.39 is 4.92 Å². The summed E-state index contributed by atoms with van der Waals surface area (Å²) in [7, 11) is 0. The average Bonchev–Trinajstić information content (AvgIpc) is 3.00. The lowest BCUT2D eigenvalue weighted by atomic mass is 9.91. The van der Waals surface area contributed by atoms with E-state index in [0.29, 0.717) is 11.9 Å². The van der Waals surface area contributed by atoms with Crippen LogP contribution in [0.25, 0.3) is 0 Å². The minimum Gasteiger partial charge on any atom is -0.467 e. The Labute approximate surface area is 127 Å². The number of aromatic nitrogens is 2. The minimum atomic E-state index is -0.582. The molecule has 22 heavy (non-hydrogen) atoms. The molecule has 2 N–H and O–H groups in total. The standard InChI is InChI=1S/C14H17N5O3/c1-9-4-5-18(10(7-9)12-3-2-6-22-12)14-16-8-11(19(20)21)13(15)17-14/h2-3,6,8-10H,4-5,7H2,1H3,(H2,15,16,17). The van der Waals surface area contributed by atoms with Crippen molar-refractivity contribution in [1.82, 2.24) is 9.97 Å². The summed E-state index contributed by atoms with van der Waals surface area (Å²) in [5.41, 5.74) is 5.40. The summed E-state index contributed by atoms with van der Waals surface area (Å²) in [5.74, 6) is 1.68. The van der Waals surface area contributed by atoms with E-state index in [9.17, 15) is 10.1 Å².